The molecular weight excluding hydrogens is 518 g/mol. The van der Waals surface area contributed by atoms with Gasteiger partial charge in [-0.15, -0.1) is 13.2 Å². The lowest BCUT2D eigenvalue weighted by Crippen LogP contribution is -2.29. The predicted molar refractivity (Wildman–Crippen MR) is 113 cm³/mol. The van der Waals surface area contributed by atoms with Gasteiger partial charge in [0.05, 0.1) is 4.90 Å². The molecule has 0 spiro atoms. The highest BCUT2D eigenvalue weighted by Crippen LogP contribution is 2.49. The van der Waals surface area contributed by atoms with Gasteiger partial charge in [0.1, 0.15) is 13.4 Å². The molecule has 2 atom stereocenters. The Balaban J connectivity index is 3.89. The van der Waals surface area contributed by atoms with E-state index in [4.69, 9.17) is 11.6 Å². The van der Waals surface area contributed by atoms with Crippen molar-refractivity contribution >= 4 is 78.6 Å². The minimum atomic E-state index is -4.15. The number of thiol groups is 2. The van der Waals surface area contributed by atoms with Crippen LogP contribution in [0.1, 0.15) is 0 Å². The first kappa shape index (κ1) is 21.9. The van der Waals surface area contributed by atoms with Gasteiger partial charge in [-0.1, -0.05) is 55.6 Å². The topological polar surface area (TPSA) is 57.9 Å². The van der Waals surface area contributed by atoms with Crippen LogP contribution in [0.4, 0.5) is 0 Å². The molecule has 0 aromatic heterocycles. The van der Waals surface area contributed by atoms with Gasteiger partial charge in [0.25, 0.3) is 0 Å². The van der Waals surface area contributed by atoms with Crippen molar-refractivity contribution in [2.75, 3.05) is 0 Å². The Morgan fingerprint density at radius 2 is 1.58 bits per heavy atom. The zero-order valence-electron chi connectivity index (χ0n) is 12.1. The second kappa shape index (κ2) is 8.02. The standard InChI is InChI=1S/C15H12Br2ClNO2S3/c1-3-14(16,22)13(15(17,23)4-2)12(9-19)24(20,21)11-7-5-10(18)6-8-11/h3-8,22-23H,1-2H2. The number of alkyl halides is 2. The molecule has 0 heterocycles. The minimum absolute atomic E-state index is 0.0177. The van der Waals surface area contributed by atoms with Crippen molar-refractivity contribution in [1.29, 1.82) is 5.26 Å². The van der Waals surface area contributed by atoms with Crippen molar-refractivity contribution in [3.05, 3.63) is 65.1 Å². The van der Waals surface area contributed by atoms with E-state index in [1.54, 1.807) is 6.07 Å². The zero-order chi connectivity index (χ0) is 18.8. The molecule has 0 amide bonds. The summed E-state index contributed by atoms with van der Waals surface area (Å²) in [6, 6.07) is 7.23. The highest BCUT2D eigenvalue weighted by Gasteiger charge is 2.42. The summed E-state index contributed by atoms with van der Waals surface area (Å²) in [5.74, 6) is 0. The molecule has 128 valence electrons. The van der Waals surface area contributed by atoms with Gasteiger partial charge in [-0.2, -0.15) is 30.5 Å². The summed E-state index contributed by atoms with van der Waals surface area (Å²) in [5.41, 5.74) is 0.0177. The Bertz CT molecular complexity index is 816. The lowest BCUT2D eigenvalue weighted by atomic mass is 10.1. The minimum Gasteiger partial charge on any atom is -0.218 e. The molecule has 1 aromatic rings. The first-order valence-corrected chi connectivity index (χ1v) is 10.5. The van der Waals surface area contributed by atoms with Crippen LogP contribution in [0.3, 0.4) is 0 Å². The van der Waals surface area contributed by atoms with Gasteiger partial charge in [0, 0.05) is 10.6 Å². The van der Waals surface area contributed by atoms with Crippen molar-refractivity contribution < 1.29 is 8.42 Å². The van der Waals surface area contributed by atoms with Crippen LogP contribution in [0.5, 0.6) is 0 Å². The molecule has 0 fully saturated rings. The Hall–Kier alpha value is -0.170. The Morgan fingerprint density at radius 1 is 1.17 bits per heavy atom. The van der Waals surface area contributed by atoms with Crippen LogP contribution in [-0.2, 0) is 9.84 Å². The van der Waals surface area contributed by atoms with Crippen molar-refractivity contribution in [1.82, 2.24) is 0 Å². The maximum atomic E-state index is 12.9. The molecule has 24 heavy (non-hydrogen) atoms. The van der Waals surface area contributed by atoms with E-state index in [0.29, 0.717) is 5.02 Å². The Labute approximate surface area is 174 Å². The molecule has 0 aliphatic carbocycles. The molecule has 3 nitrogen and oxygen atoms in total. The van der Waals surface area contributed by atoms with Crippen molar-refractivity contribution in [2.24, 2.45) is 0 Å². The first-order chi connectivity index (χ1) is 10.9. The van der Waals surface area contributed by atoms with E-state index >= 15 is 0 Å². The molecule has 0 saturated carbocycles. The van der Waals surface area contributed by atoms with Crippen LogP contribution in [0.25, 0.3) is 0 Å². The summed E-state index contributed by atoms with van der Waals surface area (Å²) in [4.78, 5) is -0.606. The summed E-state index contributed by atoms with van der Waals surface area (Å²) in [6.07, 6.45) is 2.69. The van der Waals surface area contributed by atoms with E-state index in [2.05, 4.69) is 70.3 Å². The maximum Gasteiger partial charge on any atom is 0.216 e. The van der Waals surface area contributed by atoms with Gasteiger partial charge in [-0.25, -0.2) is 8.42 Å². The highest BCUT2D eigenvalue weighted by molar-refractivity contribution is 9.12. The van der Waals surface area contributed by atoms with E-state index < -0.39 is 22.1 Å². The molecule has 1 rings (SSSR count). The average molecular weight is 530 g/mol. The number of sulfone groups is 1. The van der Waals surface area contributed by atoms with E-state index in [1.807, 2.05) is 0 Å². The fourth-order valence-corrected chi connectivity index (χ4v) is 5.99. The molecule has 0 saturated heterocycles. The van der Waals surface area contributed by atoms with Crippen LogP contribution in [0, 0.1) is 11.3 Å². The van der Waals surface area contributed by atoms with Gasteiger partial charge in [0.15, 0.2) is 4.91 Å². The number of allylic oxidation sites excluding steroid dienone is 1. The van der Waals surface area contributed by atoms with Gasteiger partial charge in [-0.05, 0) is 24.3 Å². The van der Waals surface area contributed by atoms with Crippen molar-refractivity contribution in [3.63, 3.8) is 0 Å². The maximum absolute atomic E-state index is 12.9. The molecule has 0 N–H and O–H groups in total. The second-order valence-electron chi connectivity index (χ2n) is 4.53. The monoisotopic (exact) mass is 527 g/mol. The van der Waals surface area contributed by atoms with E-state index in [1.165, 1.54) is 36.4 Å². The van der Waals surface area contributed by atoms with Crippen LogP contribution in [0.2, 0.25) is 5.02 Å². The summed E-state index contributed by atoms with van der Waals surface area (Å²) < 4.78 is 23.2. The van der Waals surface area contributed by atoms with E-state index in [0.717, 1.165) is 0 Å². The fraction of sp³-hybridized carbons (Fsp3) is 0.133. The summed E-state index contributed by atoms with van der Waals surface area (Å²) >= 11 is 21.0. The van der Waals surface area contributed by atoms with Crippen LogP contribution in [0.15, 0.2) is 64.9 Å². The number of nitrogens with zero attached hydrogens (tertiary/aromatic N) is 1. The lowest BCUT2D eigenvalue weighted by Gasteiger charge is -2.31. The summed E-state index contributed by atoms with van der Waals surface area (Å²) in [7, 11) is -4.15. The third-order valence-corrected chi connectivity index (χ3v) is 7.19. The smallest absolute Gasteiger partial charge is 0.216 e. The largest absolute Gasteiger partial charge is 0.218 e. The zero-order valence-corrected chi connectivity index (χ0v) is 18.6. The SMILES string of the molecule is C=CC(S)(Br)C(=C(C#N)S(=O)(=O)c1ccc(Cl)cc1)C(S)(Br)C=C. The lowest BCUT2D eigenvalue weighted by molar-refractivity contribution is 0.602. The summed E-state index contributed by atoms with van der Waals surface area (Å²) in [6.45, 7) is 7.23. The van der Waals surface area contributed by atoms with Gasteiger partial charge in [0.2, 0.25) is 9.84 Å². The molecule has 2 unspecified atom stereocenters. The predicted octanol–water partition coefficient (Wildman–Crippen LogP) is 5.31. The second-order valence-corrected chi connectivity index (χ2v) is 12.0. The van der Waals surface area contributed by atoms with Gasteiger partial charge in [-0.3, -0.25) is 0 Å². The fourth-order valence-electron chi connectivity index (χ4n) is 1.75. The molecule has 0 aliphatic rings. The number of hydrogen-bond acceptors (Lipinski definition) is 5. The van der Waals surface area contributed by atoms with Crippen LogP contribution in [-0.4, -0.2) is 15.7 Å². The number of halogens is 3. The third kappa shape index (κ3) is 4.51. The molecule has 0 aliphatic heterocycles. The first-order valence-electron chi connectivity index (χ1n) is 6.19. The molecule has 0 radical (unpaired) electrons. The number of hydrogen-bond donors (Lipinski definition) is 2. The Morgan fingerprint density at radius 3 is 1.92 bits per heavy atom. The van der Waals surface area contributed by atoms with Gasteiger partial charge < -0.3 is 0 Å². The molecule has 9 heteroatoms. The van der Waals surface area contributed by atoms with Crippen molar-refractivity contribution in [2.45, 2.75) is 12.2 Å². The normalized spacial score (nSPS) is 16.2. The number of benzene rings is 1. The molecule has 1 aromatic carbocycles. The van der Waals surface area contributed by atoms with Crippen molar-refractivity contribution in [3.8, 4) is 6.07 Å². The van der Waals surface area contributed by atoms with Crippen LogP contribution < -0.4 is 0 Å². The highest BCUT2D eigenvalue weighted by atomic mass is 79.9. The number of rotatable bonds is 6. The third-order valence-electron chi connectivity index (χ3n) is 2.96. The Kier molecular flexibility index (Phi) is 7.31. The number of nitriles is 1. The summed E-state index contributed by atoms with van der Waals surface area (Å²) in [5, 5.41) is 9.95. The van der Waals surface area contributed by atoms with Gasteiger partial charge >= 0.3 is 0 Å². The molecular formula is C15H12Br2ClNO2S3. The average Bonchev–Trinajstić information content (AvgIpc) is 2.52. The molecule has 0 bridgehead atoms. The quantitative estimate of drug-likeness (QED) is 0.227. The van der Waals surface area contributed by atoms with Crippen LogP contribution >= 0.6 is 68.7 Å². The van der Waals surface area contributed by atoms with E-state index in [9.17, 15) is 13.7 Å². The van der Waals surface area contributed by atoms with E-state index in [-0.39, 0.29) is 10.5 Å².